The maximum absolute atomic E-state index is 12.6. The largest absolute Gasteiger partial charge is 0.335 e. The van der Waals surface area contributed by atoms with Crippen molar-refractivity contribution in [2.45, 2.75) is 26.9 Å². The van der Waals surface area contributed by atoms with Gasteiger partial charge in [-0.1, -0.05) is 42.0 Å². The van der Waals surface area contributed by atoms with Crippen molar-refractivity contribution in [3.63, 3.8) is 0 Å². The Morgan fingerprint density at radius 3 is 2.38 bits per heavy atom. The molecule has 2 rings (SSSR count). The molecule has 0 fully saturated rings. The van der Waals surface area contributed by atoms with Gasteiger partial charge in [0.1, 0.15) is 0 Å². The molecule has 0 aliphatic heterocycles. The van der Waals surface area contributed by atoms with E-state index >= 15 is 0 Å². The molecule has 0 atom stereocenters. The summed E-state index contributed by atoms with van der Waals surface area (Å²) in [6, 6.07) is 15.8. The number of hydrogen-bond acceptors (Lipinski definition) is 2. The molecule has 21 heavy (non-hydrogen) atoms. The minimum atomic E-state index is 0.0579. The van der Waals surface area contributed by atoms with E-state index in [4.69, 9.17) is 5.73 Å². The second-order valence-corrected chi connectivity index (χ2v) is 5.21. The Kier molecular flexibility index (Phi) is 5.12. The van der Waals surface area contributed by atoms with E-state index < -0.39 is 0 Å². The molecule has 0 aliphatic carbocycles. The fourth-order valence-corrected chi connectivity index (χ4v) is 2.32. The Bertz CT molecular complexity index is 605. The predicted octanol–water partition coefficient (Wildman–Crippen LogP) is 3.12. The highest BCUT2D eigenvalue weighted by molar-refractivity contribution is 5.94. The monoisotopic (exact) mass is 282 g/mol. The second-order valence-electron chi connectivity index (χ2n) is 5.21. The van der Waals surface area contributed by atoms with Gasteiger partial charge in [-0.3, -0.25) is 4.79 Å². The molecule has 0 aliphatic rings. The Balaban J connectivity index is 2.14. The van der Waals surface area contributed by atoms with Gasteiger partial charge in [-0.15, -0.1) is 0 Å². The molecular weight excluding hydrogens is 260 g/mol. The van der Waals surface area contributed by atoms with Crippen molar-refractivity contribution in [3.8, 4) is 0 Å². The molecule has 2 N–H and O–H groups in total. The van der Waals surface area contributed by atoms with Crippen LogP contribution in [-0.4, -0.2) is 17.4 Å². The zero-order chi connectivity index (χ0) is 15.2. The van der Waals surface area contributed by atoms with Gasteiger partial charge in [0, 0.05) is 25.2 Å². The van der Waals surface area contributed by atoms with E-state index in [2.05, 4.69) is 25.1 Å². The standard InChI is InChI=1S/C18H22N2O/c1-3-20(13-16-6-4-5-14(2)11-16)18(21)17-9-7-15(12-19)8-10-17/h4-11H,3,12-13,19H2,1-2H3. The number of rotatable bonds is 5. The Morgan fingerprint density at radius 1 is 1.10 bits per heavy atom. The summed E-state index contributed by atoms with van der Waals surface area (Å²) in [6.07, 6.45) is 0. The van der Waals surface area contributed by atoms with Gasteiger partial charge in [-0.2, -0.15) is 0 Å². The van der Waals surface area contributed by atoms with Crippen LogP contribution in [0.1, 0.15) is 34.0 Å². The van der Waals surface area contributed by atoms with Crippen molar-refractivity contribution < 1.29 is 4.79 Å². The van der Waals surface area contributed by atoms with E-state index in [0.717, 1.165) is 11.1 Å². The Morgan fingerprint density at radius 2 is 1.81 bits per heavy atom. The number of nitrogens with two attached hydrogens (primary N) is 1. The third-order valence-corrected chi connectivity index (χ3v) is 3.56. The summed E-state index contributed by atoms with van der Waals surface area (Å²) in [6.45, 7) is 5.88. The summed E-state index contributed by atoms with van der Waals surface area (Å²) in [5.41, 5.74) is 9.70. The lowest BCUT2D eigenvalue weighted by Crippen LogP contribution is -2.30. The van der Waals surface area contributed by atoms with Gasteiger partial charge in [-0.05, 0) is 37.1 Å². The summed E-state index contributed by atoms with van der Waals surface area (Å²) >= 11 is 0. The molecule has 0 radical (unpaired) electrons. The lowest BCUT2D eigenvalue weighted by atomic mass is 10.1. The van der Waals surface area contributed by atoms with Crippen LogP contribution in [0.5, 0.6) is 0 Å². The zero-order valence-electron chi connectivity index (χ0n) is 12.7. The van der Waals surface area contributed by atoms with Crippen LogP contribution in [-0.2, 0) is 13.1 Å². The number of benzene rings is 2. The van der Waals surface area contributed by atoms with E-state index in [1.807, 2.05) is 42.2 Å². The topological polar surface area (TPSA) is 46.3 Å². The lowest BCUT2D eigenvalue weighted by molar-refractivity contribution is 0.0752. The number of nitrogens with zero attached hydrogens (tertiary/aromatic N) is 1. The summed E-state index contributed by atoms with van der Waals surface area (Å²) in [5.74, 6) is 0.0579. The Labute approximate surface area is 126 Å². The third kappa shape index (κ3) is 3.92. The molecule has 3 heteroatoms. The minimum Gasteiger partial charge on any atom is -0.335 e. The molecule has 0 heterocycles. The first kappa shape index (κ1) is 15.3. The highest BCUT2D eigenvalue weighted by Gasteiger charge is 2.14. The van der Waals surface area contributed by atoms with Crippen molar-refractivity contribution in [2.24, 2.45) is 5.73 Å². The second kappa shape index (κ2) is 7.04. The lowest BCUT2D eigenvalue weighted by Gasteiger charge is -2.21. The van der Waals surface area contributed by atoms with Gasteiger partial charge in [0.25, 0.3) is 5.91 Å². The van der Waals surface area contributed by atoms with Crippen LogP contribution in [0, 0.1) is 6.92 Å². The van der Waals surface area contributed by atoms with E-state index in [9.17, 15) is 4.79 Å². The van der Waals surface area contributed by atoms with Crippen LogP contribution in [0.4, 0.5) is 0 Å². The molecule has 2 aromatic rings. The molecule has 2 aromatic carbocycles. The van der Waals surface area contributed by atoms with Gasteiger partial charge in [0.15, 0.2) is 0 Å². The van der Waals surface area contributed by atoms with Crippen LogP contribution >= 0.6 is 0 Å². The molecule has 0 saturated carbocycles. The van der Waals surface area contributed by atoms with Gasteiger partial charge < -0.3 is 10.6 Å². The molecule has 1 amide bonds. The molecule has 0 saturated heterocycles. The summed E-state index contributed by atoms with van der Waals surface area (Å²) in [7, 11) is 0. The van der Waals surface area contributed by atoms with Crippen LogP contribution in [0.3, 0.4) is 0 Å². The molecule has 0 spiro atoms. The summed E-state index contributed by atoms with van der Waals surface area (Å²) in [4.78, 5) is 14.4. The number of carbonyl (C=O) groups excluding carboxylic acids is 1. The van der Waals surface area contributed by atoms with E-state index in [-0.39, 0.29) is 5.91 Å². The summed E-state index contributed by atoms with van der Waals surface area (Å²) in [5, 5.41) is 0. The predicted molar refractivity (Wildman–Crippen MR) is 85.9 cm³/mol. The average Bonchev–Trinajstić information content (AvgIpc) is 2.52. The zero-order valence-corrected chi connectivity index (χ0v) is 12.7. The van der Waals surface area contributed by atoms with E-state index in [1.165, 1.54) is 5.56 Å². The van der Waals surface area contributed by atoms with Gasteiger partial charge in [0.2, 0.25) is 0 Å². The van der Waals surface area contributed by atoms with Crippen molar-refractivity contribution in [1.82, 2.24) is 4.90 Å². The molecule has 110 valence electrons. The normalized spacial score (nSPS) is 10.4. The number of hydrogen-bond donors (Lipinski definition) is 1. The van der Waals surface area contributed by atoms with E-state index in [0.29, 0.717) is 25.2 Å². The first-order valence-corrected chi connectivity index (χ1v) is 7.28. The van der Waals surface area contributed by atoms with Crippen LogP contribution < -0.4 is 5.73 Å². The Hall–Kier alpha value is -2.13. The quantitative estimate of drug-likeness (QED) is 0.916. The smallest absolute Gasteiger partial charge is 0.254 e. The fraction of sp³-hybridized carbons (Fsp3) is 0.278. The van der Waals surface area contributed by atoms with Crippen LogP contribution in [0.2, 0.25) is 0 Å². The van der Waals surface area contributed by atoms with Gasteiger partial charge in [0.05, 0.1) is 0 Å². The highest BCUT2D eigenvalue weighted by Crippen LogP contribution is 2.12. The van der Waals surface area contributed by atoms with Crippen LogP contribution in [0.25, 0.3) is 0 Å². The molecule has 0 unspecified atom stereocenters. The number of amides is 1. The van der Waals surface area contributed by atoms with Gasteiger partial charge >= 0.3 is 0 Å². The third-order valence-electron chi connectivity index (χ3n) is 3.56. The maximum Gasteiger partial charge on any atom is 0.254 e. The summed E-state index contributed by atoms with van der Waals surface area (Å²) < 4.78 is 0. The van der Waals surface area contributed by atoms with Gasteiger partial charge in [-0.25, -0.2) is 0 Å². The van der Waals surface area contributed by atoms with Crippen molar-refractivity contribution in [3.05, 3.63) is 70.8 Å². The highest BCUT2D eigenvalue weighted by atomic mass is 16.2. The number of aryl methyl sites for hydroxylation is 1. The van der Waals surface area contributed by atoms with Crippen molar-refractivity contribution >= 4 is 5.91 Å². The molecule has 0 aromatic heterocycles. The molecular formula is C18H22N2O. The fourth-order valence-electron chi connectivity index (χ4n) is 2.32. The first-order chi connectivity index (χ1) is 10.1. The molecule has 0 bridgehead atoms. The van der Waals surface area contributed by atoms with Crippen molar-refractivity contribution in [2.75, 3.05) is 6.54 Å². The van der Waals surface area contributed by atoms with Crippen LogP contribution in [0.15, 0.2) is 48.5 Å². The number of carbonyl (C=O) groups is 1. The van der Waals surface area contributed by atoms with Crippen molar-refractivity contribution in [1.29, 1.82) is 0 Å². The first-order valence-electron chi connectivity index (χ1n) is 7.28. The minimum absolute atomic E-state index is 0.0579. The van der Waals surface area contributed by atoms with E-state index in [1.54, 1.807) is 0 Å². The molecule has 3 nitrogen and oxygen atoms in total. The average molecular weight is 282 g/mol. The maximum atomic E-state index is 12.6. The SMILES string of the molecule is CCN(Cc1cccc(C)c1)C(=O)c1ccc(CN)cc1.